The minimum atomic E-state index is -0.796. The molecule has 1 heterocycles. The van der Waals surface area contributed by atoms with Crippen molar-refractivity contribution >= 4 is 5.97 Å². The molecule has 1 aliphatic heterocycles. The van der Waals surface area contributed by atoms with Gasteiger partial charge in [-0.2, -0.15) is 0 Å². The Morgan fingerprint density at radius 2 is 1.86 bits per heavy atom. The van der Waals surface area contributed by atoms with Crippen LogP contribution in [-0.4, -0.2) is 69.6 Å². The normalized spacial score (nSPS) is 37.0. The lowest BCUT2D eigenvalue weighted by Crippen LogP contribution is -2.52. The van der Waals surface area contributed by atoms with Crippen LogP contribution in [0.3, 0.4) is 0 Å². The van der Waals surface area contributed by atoms with Gasteiger partial charge in [0.1, 0.15) is 5.54 Å². The zero-order valence-electron chi connectivity index (χ0n) is 13.3. The van der Waals surface area contributed by atoms with E-state index in [1.165, 1.54) is 7.11 Å². The molecule has 6 nitrogen and oxygen atoms in total. The van der Waals surface area contributed by atoms with E-state index in [4.69, 9.17) is 19.9 Å². The van der Waals surface area contributed by atoms with Crippen molar-refractivity contribution in [2.75, 3.05) is 41.0 Å². The van der Waals surface area contributed by atoms with Gasteiger partial charge in [-0.3, -0.25) is 9.69 Å². The summed E-state index contributed by atoms with van der Waals surface area (Å²) in [5, 5.41) is 0. The highest BCUT2D eigenvalue weighted by molar-refractivity contribution is 5.81. The quantitative estimate of drug-likeness (QED) is 0.716. The molecule has 2 aliphatic rings. The van der Waals surface area contributed by atoms with E-state index >= 15 is 0 Å². The summed E-state index contributed by atoms with van der Waals surface area (Å²) in [5.41, 5.74) is 5.51. The van der Waals surface area contributed by atoms with Gasteiger partial charge in [0.2, 0.25) is 0 Å². The number of hydrogen-bond acceptors (Lipinski definition) is 6. The lowest BCUT2D eigenvalue weighted by Gasteiger charge is -2.29. The van der Waals surface area contributed by atoms with Crippen LogP contribution in [-0.2, 0) is 19.0 Å². The summed E-state index contributed by atoms with van der Waals surface area (Å²) in [6, 6.07) is 0. The van der Waals surface area contributed by atoms with Crippen LogP contribution in [0.2, 0.25) is 0 Å². The smallest absolute Gasteiger partial charge is 0.326 e. The van der Waals surface area contributed by atoms with Gasteiger partial charge in [-0.1, -0.05) is 6.42 Å². The largest absolute Gasteiger partial charge is 0.468 e. The van der Waals surface area contributed by atoms with E-state index in [1.54, 1.807) is 14.2 Å². The summed E-state index contributed by atoms with van der Waals surface area (Å²) in [6.45, 7) is 2.66. The number of methoxy groups -OCH3 is 3. The van der Waals surface area contributed by atoms with Gasteiger partial charge in [0, 0.05) is 27.3 Å². The van der Waals surface area contributed by atoms with E-state index in [-0.39, 0.29) is 24.1 Å². The summed E-state index contributed by atoms with van der Waals surface area (Å²) in [6.07, 6.45) is 3.89. The highest BCUT2D eigenvalue weighted by Gasteiger charge is 2.46. The molecule has 4 unspecified atom stereocenters. The molecular weight excluding hydrogens is 272 g/mol. The van der Waals surface area contributed by atoms with E-state index < -0.39 is 5.54 Å². The molecule has 0 aromatic rings. The zero-order chi connectivity index (χ0) is 15.5. The average Bonchev–Trinajstić information content (AvgIpc) is 3.07. The molecule has 2 N–H and O–H groups in total. The minimum Gasteiger partial charge on any atom is -0.468 e. The molecule has 0 amide bonds. The second kappa shape index (κ2) is 7.05. The third kappa shape index (κ3) is 3.39. The Morgan fingerprint density at radius 1 is 1.24 bits per heavy atom. The SMILES string of the molecule is COC(=O)C1(N)CCCC1CCN1CC(OC)C(OC)C1. The van der Waals surface area contributed by atoms with Crippen molar-refractivity contribution in [3.8, 4) is 0 Å². The standard InChI is InChI=1S/C15H28N2O4/c1-19-12-9-17(10-13(12)20-2)8-6-11-5-4-7-15(11,16)14(18)21-3/h11-13H,4-10,16H2,1-3H3. The maximum Gasteiger partial charge on any atom is 0.326 e. The summed E-state index contributed by atoms with van der Waals surface area (Å²) in [5.74, 6) is -0.0662. The molecule has 0 aromatic heterocycles. The number of nitrogens with two attached hydrogens (primary N) is 1. The number of hydrogen-bond donors (Lipinski definition) is 1. The molecule has 21 heavy (non-hydrogen) atoms. The fraction of sp³-hybridized carbons (Fsp3) is 0.933. The summed E-state index contributed by atoms with van der Waals surface area (Å²) in [7, 11) is 4.86. The van der Waals surface area contributed by atoms with E-state index in [9.17, 15) is 4.79 Å². The molecule has 4 atom stereocenters. The molecule has 1 saturated heterocycles. The molecule has 6 heteroatoms. The molecule has 0 aromatic carbocycles. The monoisotopic (exact) mass is 300 g/mol. The first-order valence-corrected chi connectivity index (χ1v) is 7.70. The summed E-state index contributed by atoms with van der Waals surface area (Å²) < 4.78 is 15.8. The Balaban J connectivity index is 1.87. The number of ether oxygens (including phenoxy) is 3. The molecule has 1 saturated carbocycles. The van der Waals surface area contributed by atoms with E-state index in [0.29, 0.717) is 0 Å². The zero-order valence-corrected chi connectivity index (χ0v) is 13.3. The molecule has 0 radical (unpaired) electrons. The predicted octanol–water partition coefficient (Wildman–Crippen LogP) is 0.393. The second-order valence-corrected chi connectivity index (χ2v) is 6.22. The fourth-order valence-electron chi connectivity index (χ4n) is 3.76. The molecule has 122 valence electrons. The van der Waals surface area contributed by atoms with Crippen LogP contribution in [0.1, 0.15) is 25.7 Å². The van der Waals surface area contributed by atoms with E-state index in [0.717, 1.165) is 45.3 Å². The second-order valence-electron chi connectivity index (χ2n) is 6.22. The molecular formula is C15H28N2O4. The predicted molar refractivity (Wildman–Crippen MR) is 78.9 cm³/mol. The topological polar surface area (TPSA) is 74.0 Å². The Kier molecular flexibility index (Phi) is 5.60. The van der Waals surface area contributed by atoms with Gasteiger partial charge in [0.15, 0.2) is 0 Å². The fourth-order valence-corrected chi connectivity index (χ4v) is 3.76. The summed E-state index contributed by atoms with van der Waals surface area (Å²) in [4.78, 5) is 14.3. The number of carbonyl (C=O) groups is 1. The summed E-state index contributed by atoms with van der Waals surface area (Å²) >= 11 is 0. The maximum atomic E-state index is 11.9. The molecule has 1 aliphatic carbocycles. The van der Waals surface area contributed by atoms with Crippen molar-refractivity contribution in [3.05, 3.63) is 0 Å². The third-order valence-electron chi connectivity index (χ3n) is 5.13. The van der Waals surface area contributed by atoms with Crippen LogP contribution < -0.4 is 5.73 Å². The third-order valence-corrected chi connectivity index (χ3v) is 5.13. The van der Waals surface area contributed by atoms with Gasteiger partial charge >= 0.3 is 5.97 Å². The first-order valence-electron chi connectivity index (χ1n) is 7.70. The van der Waals surface area contributed by atoms with Crippen molar-refractivity contribution in [2.45, 2.75) is 43.4 Å². The number of esters is 1. The Labute approximate surface area is 126 Å². The first-order chi connectivity index (χ1) is 10.0. The van der Waals surface area contributed by atoms with E-state index in [2.05, 4.69) is 4.90 Å². The lowest BCUT2D eigenvalue weighted by atomic mass is 9.85. The Morgan fingerprint density at radius 3 is 2.38 bits per heavy atom. The van der Waals surface area contributed by atoms with Gasteiger partial charge in [-0.15, -0.1) is 0 Å². The van der Waals surface area contributed by atoms with Crippen LogP contribution in [0.15, 0.2) is 0 Å². The van der Waals surface area contributed by atoms with Crippen LogP contribution in [0.25, 0.3) is 0 Å². The van der Waals surface area contributed by atoms with Gasteiger partial charge < -0.3 is 19.9 Å². The Hall–Kier alpha value is -0.690. The lowest BCUT2D eigenvalue weighted by molar-refractivity contribution is -0.148. The van der Waals surface area contributed by atoms with Crippen molar-refractivity contribution < 1.29 is 19.0 Å². The molecule has 0 spiro atoms. The van der Waals surface area contributed by atoms with Crippen LogP contribution >= 0.6 is 0 Å². The number of rotatable bonds is 6. The number of likely N-dealkylation sites (tertiary alicyclic amines) is 1. The van der Waals surface area contributed by atoms with Crippen molar-refractivity contribution in [1.82, 2.24) is 4.90 Å². The van der Waals surface area contributed by atoms with Crippen molar-refractivity contribution in [3.63, 3.8) is 0 Å². The first kappa shape index (κ1) is 16.7. The van der Waals surface area contributed by atoms with Gasteiger partial charge in [-0.25, -0.2) is 0 Å². The maximum absolute atomic E-state index is 11.9. The van der Waals surface area contributed by atoms with Crippen LogP contribution in [0.5, 0.6) is 0 Å². The van der Waals surface area contributed by atoms with Crippen molar-refractivity contribution in [1.29, 1.82) is 0 Å². The molecule has 2 fully saturated rings. The van der Waals surface area contributed by atoms with Crippen molar-refractivity contribution in [2.24, 2.45) is 11.7 Å². The van der Waals surface area contributed by atoms with Gasteiger partial charge in [-0.05, 0) is 31.7 Å². The Bertz CT molecular complexity index is 354. The minimum absolute atomic E-state index is 0.127. The highest BCUT2D eigenvalue weighted by Crippen LogP contribution is 2.37. The number of carbonyl (C=O) groups excluding carboxylic acids is 1. The number of nitrogens with zero attached hydrogens (tertiary/aromatic N) is 1. The van der Waals surface area contributed by atoms with Gasteiger partial charge in [0.25, 0.3) is 0 Å². The van der Waals surface area contributed by atoms with E-state index in [1.807, 2.05) is 0 Å². The van der Waals surface area contributed by atoms with Gasteiger partial charge in [0.05, 0.1) is 19.3 Å². The molecule has 2 rings (SSSR count). The molecule has 0 bridgehead atoms. The highest BCUT2D eigenvalue weighted by atomic mass is 16.5. The van der Waals surface area contributed by atoms with Crippen LogP contribution in [0.4, 0.5) is 0 Å². The van der Waals surface area contributed by atoms with Crippen LogP contribution in [0, 0.1) is 5.92 Å². The average molecular weight is 300 g/mol.